The first kappa shape index (κ1) is 40.6. The highest BCUT2D eigenvalue weighted by Crippen LogP contribution is 2.38. The quantitative estimate of drug-likeness (QED) is 0.0616. The van der Waals surface area contributed by atoms with Gasteiger partial charge >= 0.3 is 0 Å². The first-order chi connectivity index (χ1) is 27.9. The number of carbonyl (C=O) groups excluding carboxylic acids is 4. The van der Waals surface area contributed by atoms with E-state index in [-0.39, 0.29) is 36.7 Å². The minimum absolute atomic E-state index is 0.150. The van der Waals surface area contributed by atoms with Crippen LogP contribution < -0.4 is 35.6 Å². The van der Waals surface area contributed by atoms with E-state index in [2.05, 4.69) is 39.6 Å². The molecule has 15 heteroatoms. The zero-order valence-electron chi connectivity index (χ0n) is 33.5. The number of hydrogen-bond acceptors (Lipinski definition) is 8. The first-order valence-electron chi connectivity index (χ1n) is 19.0. The molecule has 0 bridgehead atoms. The summed E-state index contributed by atoms with van der Waals surface area (Å²) in [4.78, 5) is 58.1. The van der Waals surface area contributed by atoms with Crippen LogP contribution in [0.25, 0.3) is 5.70 Å². The predicted octanol–water partition coefficient (Wildman–Crippen LogP) is 6.52. The maximum atomic E-state index is 13.6. The molecule has 0 saturated heterocycles. The molecule has 1 aliphatic rings. The van der Waals surface area contributed by atoms with Gasteiger partial charge in [0.1, 0.15) is 11.4 Å². The molecule has 0 atom stereocenters. The molecule has 0 fully saturated rings. The Balaban J connectivity index is 0.998. The fourth-order valence-corrected chi connectivity index (χ4v) is 6.87. The summed E-state index contributed by atoms with van der Waals surface area (Å²) in [6, 6.07) is 16.2. The van der Waals surface area contributed by atoms with Gasteiger partial charge in [0.05, 0.1) is 53.4 Å². The summed E-state index contributed by atoms with van der Waals surface area (Å²) in [5.74, 6) is -0.217. The normalized spacial score (nSPS) is 11.8. The monoisotopic (exact) mass is 787 g/mol. The third-order valence-corrected chi connectivity index (χ3v) is 9.78. The van der Waals surface area contributed by atoms with Crippen molar-refractivity contribution in [3.05, 3.63) is 108 Å². The molecule has 0 radical (unpaired) electrons. The molecule has 1 aliphatic heterocycles. The second-order valence-corrected chi connectivity index (χ2v) is 14.0. The van der Waals surface area contributed by atoms with Crippen LogP contribution in [0.15, 0.2) is 84.8 Å². The molecule has 0 saturated carbocycles. The van der Waals surface area contributed by atoms with E-state index in [0.717, 1.165) is 29.8 Å². The molecule has 58 heavy (non-hydrogen) atoms. The Morgan fingerprint density at radius 2 is 1.45 bits per heavy atom. The SMILES string of the molecule is C=Nc1cc(OCCCC(=O)Nc2cc(C(=O)Nc3cc(C(=C)Nc4cc(C(=O)NCCC)n(C)c4)n(C)c3)n(C)c2)c(OC)cc1C(=O)N1CCc2ccccc21. The minimum atomic E-state index is -0.363. The molecule has 4 N–H and O–H groups in total. The van der Waals surface area contributed by atoms with Crippen LogP contribution in [0.3, 0.4) is 0 Å². The molecule has 0 aliphatic carbocycles. The number of anilines is 4. The van der Waals surface area contributed by atoms with Crippen molar-refractivity contribution in [3.8, 4) is 11.5 Å². The molecule has 4 amide bonds. The summed E-state index contributed by atoms with van der Waals surface area (Å²) in [6.07, 6.45) is 7.40. The Morgan fingerprint density at radius 1 is 0.810 bits per heavy atom. The number of nitrogens with zero attached hydrogens (tertiary/aromatic N) is 5. The first-order valence-corrected chi connectivity index (χ1v) is 19.0. The summed E-state index contributed by atoms with van der Waals surface area (Å²) >= 11 is 0. The number of rotatable bonds is 17. The van der Waals surface area contributed by atoms with Gasteiger partial charge in [-0.3, -0.25) is 24.2 Å². The van der Waals surface area contributed by atoms with Crippen molar-refractivity contribution < 1.29 is 28.7 Å². The number of amides is 4. The third-order valence-electron chi connectivity index (χ3n) is 9.78. The van der Waals surface area contributed by atoms with Crippen LogP contribution in [-0.4, -0.2) is 70.9 Å². The minimum Gasteiger partial charge on any atom is -0.493 e. The lowest BCUT2D eigenvalue weighted by atomic mass is 10.1. The lowest BCUT2D eigenvalue weighted by molar-refractivity contribution is -0.116. The molecule has 3 aromatic heterocycles. The van der Waals surface area contributed by atoms with Gasteiger partial charge in [-0.1, -0.05) is 31.7 Å². The van der Waals surface area contributed by atoms with Crippen molar-refractivity contribution in [3.63, 3.8) is 0 Å². The zero-order valence-corrected chi connectivity index (χ0v) is 33.5. The van der Waals surface area contributed by atoms with Crippen LogP contribution in [0.5, 0.6) is 11.5 Å². The van der Waals surface area contributed by atoms with Crippen molar-refractivity contribution >= 4 is 64.5 Å². The van der Waals surface area contributed by atoms with Crippen molar-refractivity contribution in [2.75, 3.05) is 47.7 Å². The van der Waals surface area contributed by atoms with Gasteiger partial charge in [-0.15, -0.1) is 0 Å². The number of aromatic nitrogens is 3. The fraction of sp³-hybridized carbons (Fsp3) is 0.279. The zero-order chi connectivity index (χ0) is 41.5. The van der Waals surface area contributed by atoms with E-state index in [1.54, 1.807) is 70.9 Å². The number of fused-ring (bicyclic) bond motifs is 1. The smallest absolute Gasteiger partial charge is 0.272 e. The molecule has 0 unspecified atom stereocenters. The number of carbonyl (C=O) groups is 4. The average molecular weight is 788 g/mol. The Labute approximate surface area is 337 Å². The third kappa shape index (κ3) is 8.99. The highest BCUT2D eigenvalue weighted by molar-refractivity contribution is 6.11. The number of aliphatic imine (C=N–C) groups is 1. The number of ether oxygens (including phenoxy) is 2. The van der Waals surface area contributed by atoms with Crippen LogP contribution in [-0.2, 0) is 32.4 Å². The standard InChI is InChI=1S/C43H49N9O6/c1-8-16-45-41(54)36-20-29(24-50(36)5)46-27(2)35-19-31(26-49(35)4)48-42(55)37-21-30(25-51(37)6)47-40(53)14-11-18-58-39-23-33(44-3)32(22-38(39)57-7)43(56)52-17-15-28-12-9-10-13-34(28)52/h9-10,12-13,19-26,46H,2-3,8,11,14-18H2,1,4-7H3,(H,45,54)(H,47,53)(H,48,55). The maximum absolute atomic E-state index is 13.6. The molecule has 0 spiro atoms. The summed E-state index contributed by atoms with van der Waals surface area (Å²) in [5, 5.41) is 11.9. The number of aryl methyl sites for hydroxylation is 3. The van der Waals surface area contributed by atoms with Gasteiger partial charge in [-0.2, -0.15) is 0 Å². The summed E-state index contributed by atoms with van der Waals surface area (Å²) < 4.78 is 16.8. The highest BCUT2D eigenvalue weighted by atomic mass is 16.5. The number of hydrogen-bond donors (Lipinski definition) is 4. The highest BCUT2D eigenvalue weighted by Gasteiger charge is 2.28. The van der Waals surface area contributed by atoms with E-state index < -0.39 is 0 Å². The molecule has 5 aromatic rings. The van der Waals surface area contributed by atoms with Gasteiger partial charge < -0.3 is 49.3 Å². The fourth-order valence-electron chi connectivity index (χ4n) is 6.87. The second kappa shape index (κ2) is 17.8. The van der Waals surface area contributed by atoms with Crippen LogP contribution in [0.1, 0.15) is 68.8 Å². The van der Waals surface area contributed by atoms with Crippen molar-refractivity contribution in [1.82, 2.24) is 19.0 Å². The molecule has 6 rings (SSSR count). The molecular weight excluding hydrogens is 739 g/mol. The lowest BCUT2D eigenvalue weighted by Crippen LogP contribution is -2.29. The molecule has 2 aromatic carbocycles. The number of methoxy groups -OCH3 is 1. The van der Waals surface area contributed by atoms with E-state index in [1.807, 2.05) is 49.0 Å². The maximum Gasteiger partial charge on any atom is 0.272 e. The lowest BCUT2D eigenvalue weighted by Gasteiger charge is -2.20. The van der Waals surface area contributed by atoms with Crippen molar-refractivity contribution in [1.29, 1.82) is 0 Å². The Kier molecular flexibility index (Phi) is 12.5. The van der Waals surface area contributed by atoms with Gasteiger partial charge in [0, 0.05) is 71.0 Å². The molecular formula is C43H49N9O6. The number of nitrogens with one attached hydrogen (secondary N) is 4. The summed E-state index contributed by atoms with van der Waals surface area (Å²) in [7, 11) is 6.86. The van der Waals surface area contributed by atoms with Gasteiger partial charge in [0.2, 0.25) is 5.91 Å². The summed E-state index contributed by atoms with van der Waals surface area (Å²) in [5.41, 5.74) is 6.62. The van der Waals surface area contributed by atoms with Crippen LogP contribution in [0.2, 0.25) is 0 Å². The van der Waals surface area contributed by atoms with Gasteiger partial charge in [0.15, 0.2) is 11.5 Å². The number of benzene rings is 2. The van der Waals surface area contributed by atoms with Crippen molar-refractivity contribution in [2.45, 2.75) is 32.6 Å². The molecule has 4 heterocycles. The largest absolute Gasteiger partial charge is 0.493 e. The topological polar surface area (TPSA) is 165 Å². The predicted molar refractivity (Wildman–Crippen MR) is 227 cm³/mol. The average Bonchev–Trinajstić information content (AvgIpc) is 3.99. The summed E-state index contributed by atoms with van der Waals surface area (Å²) in [6.45, 7) is 11.2. The molecule has 302 valence electrons. The van der Waals surface area contributed by atoms with Gasteiger partial charge in [0.25, 0.3) is 17.7 Å². The van der Waals surface area contributed by atoms with Crippen molar-refractivity contribution in [2.24, 2.45) is 26.1 Å². The Hall–Kier alpha value is -7.03. The van der Waals surface area contributed by atoms with Gasteiger partial charge in [-0.25, -0.2) is 0 Å². The Bertz CT molecular complexity index is 2390. The van der Waals surface area contributed by atoms with E-state index >= 15 is 0 Å². The van der Waals surface area contributed by atoms with Crippen LogP contribution in [0.4, 0.5) is 28.4 Å². The van der Waals surface area contributed by atoms with Crippen LogP contribution in [0, 0.1) is 0 Å². The van der Waals surface area contributed by atoms with E-state index in [1.165, 1.54) is 7.11 Å². The van der Waals surface area contributed by atoms with Gasteiger partial charge in [-0.05, 0) is 61.9 Å². The van der Waals surface area contributed by atoms with Crippen LogP contribution >= 0.6 is 0 Å². The van der Waals surface area contributed by atoms with E-state index in [9.17, 15) is 19.2 Å². The second-order valence-electron chi connectivity index (χ2n) is 14.0. The number of para-hydroxylation sites is 1. The van der Waals surface area contributed by atoms with E-state index in [0.29, 0.717) is 76.4 Å². The Morgan fingerprint density at radius 3 is 2.14 bits per heavy atom. The van der Waals surface area contributed by atoms with E-state index in [4.69, 9.17) is 9.47 Å². The molecule has 15 nitrogen and oxygen atoms in total.